The molecule has 114 valence electrons. The number of amides is 2. The van der Waals surface area contributed by atoms with Crippen LogP contribution in [0.5, 0.6) is 5.75 Å². The largest absolute Gasteiger partial charge is 0.490 e. The van der Waals surface area contributed by atoms with Crippen molar-refractivity contribution in [2.75, 3.05) is 6.61 Å². The quantitative estimate of drug-likeness (QED) is 0.651. The average molecular weight is 299 g/mol. The molecule has 0 saturated heterocycles. The predicted octanol–water partition coefficient (Wildman–Crippen LogP) is 1.66. The van der Waals surface area contributed by atoms with Gasteiger partial charge in [0.1, 0.15) is 18.1 Å². The number of nitrogens with zero attached hydrogens (tertiary/aromatic N) is 1. The minimum absolute atomic E-state index is 0.383. The van der Waals surface area contributed by atoms with E-state index in [2.05, 4.69) is 17.4 Å². The Morgan fingerprint density at radius 1 is 1.18 bits per heavy atom. The van der Waals surface area contributed by atoms with E-state index in [1.807, 2.05) is 0 Å². The summed E-state index contributed by atoms with van der Waals surface area (Å²) in [7, 11) is 1.75. The Bertz CT molecular complexity index is 674. The Labute approximate surface area is 128 Å². The van der Waals surface area contributed by atoms with Gasteiger partial charge < -0.3 is 9.30 Å². The third-order valence-electron chi connectivity index (χ3n) is 2.95. The minimum atomic E-state index is -0.405. The molecule has 1 aromatic carbocycles. The summed E-state index contributed by atoms with van der Waals surface area (Å²) in [4.78, 5) is 23.8. The van der Waals surface area contributed by atoms with E-state index in [0.717, 1.165) is 0 Å². The monoisotopic (exact) mass is 299 g/mol. The first kappa shape index (κ1) is 15.4. The standard InChI is InChI=1S/C16H17N3O3/c1-3-11-22-13-8-6-12(7-9-13)15(20)17-18-16(21)14-5-4-10-19(14)2/h3-10H,1,11H2,2H3,(H,17,20)(H,18,21). The maximum Gasteiger partial charge on any atom is 0.286 e. The molecule has 0 spiro atoms. The normalized spacial score (nSPS) is 9.86. The molecule has 0 atom stereocenters. The Hall–Kier alpha value is -3.02. The van der Waals surface area contributed by atoms with Gasteiger partial charge in [0.2, 0.25) is 0 Å². The highest BCUT2D eigenvalue weighted by molar-refractivity contribution is 5.98. The van der Waals surface area contributed by atoms with Gasteiger partial charge in [0.05, 0.1) is 0 Å². The van der Waals surface area contributed by atoms with E-state index in [1.165, 1.54) is 0 Å². The van der Waals surface area contributed by atoms with Crippen molar-refractivity contribution in [3.05, 3.63) is 66.5 Å². The predicted molar refractivity (Wildman–Crippen MR) is 82.5 cm³/mol. The van der Waals surface area contributed by atoms with Crippen molar-refractivity contribution in [1.82, 2.24) is 15.4 Å². The van der Waals surface area contributed by atoms with Crippen LogP contribution in [0.15, 0.2) is 55.3 Å². The van der Waals surface area contributed by atoms with Gasteiger partial charge in [-0.05, 0) is 36.4 Å². The molecule has 0 aliphatic rings. The van der Waals surface area contributed by atoms with Gasteiger partial charge in [0, 0.05) is 18.8 Å². The summed E-state index contributed by atoms with van der Waals surface area (Å²) >= 11 is 0. The number of nitrogens with one attached hydrogen (secondary N) is 2. The molecule has 6 heteroatoms. The molecule has 1 heterocycles. The van der Waals surface area contributed by atoms with Crippen molar-refractivity contribution < 1.29 is 14.3 Å². The first-order valence-electron chi connectivity index (χ1n) is 6.67. The molecule has 0 fully saturated rings. The summed E-state index contributed by atoms with van der Waals surface area (Å²) in [5, 5.41) is 0. The molecule has 0 aliphatic carbocycles. The zero-order valence-corrected chi connectivity index (χ0v) is 12.2. The molecular weight excluding hydrogens is 282 g/mol. The van der Waals surface area contributed by atoms with Gasteiger partial charge in [0.25, 0.3) is 11.8 Å². The summed E-state index contributed by atoms with van der Waals surface area (Å²) < 4.78 is 6.99. The zero-order chi connectivity index (χ0) is 15.9. The number of hydrazine groups is 1. The second-order valence-corrected chi connectivity index (χ2v) is 4.54. The maximum absolute atomic E-state index is 11.9. The highest BCUT2D eigenvalue weighted by Gasteiger charge is 2.11. The molecule has 0 radical (unpaired) electrons. The lowest BCUT2D eigenvalue weighted by Gasteiger charge is -2.08. The molecule has 0 saturated carbocycles. The Morgan fingerprint density at radius 2 is 1.86 bits per heavy atom. The van der Waals surface area contributed by atoms with E-state index in [1.54, 1.807) is 60.3 Å². The van der Waals surface area contributed by atoms with Crippen LogP contribution in [0.4, 0.5) is 0 Å². The summed E-state index contributed by atoms with van der Waals surface area (Å²) in [6.45, 7) is 3.96. The minimum Gasteiger partial charge on any atom is -0.490 e. The van der Waals surface area contributed by atoms with Crippen molar-refractivity contribution in [2.24, 2.45) is 7.05 Å². The summed E-state index contributed by atoms with van der Waals surface area (Å²) in [5.74, 6) is -0.145. The van der Waals surface area contributed by atoms with Crippen LogP contribution in [0.2, 0.25) is 0 Å². The fourth-order valence-electron chi connectivity index (χ4n) is 1.80. The number of hydrogen-bond donors (Lipinski definition) is 2. The number of carbonyl (C=O) groups is 2. The molecule has 2 N–H and O–H groups in total. The highest BCUT2D eigenvalue weighted by Crippen LogP contribution is 2.12. The van der Waals surface area contributed by atoms with Crippen molar-refractivity contribution in [3.63, 3.8) is 0 Å². The van der Waals surface area contributed by atoms with Crippen molar-refractivity contribution in [3.8, 4) is 5.75 Å². The molecule has 2 aromatic rings. The second-order valence-electron chi connectivity index (χ2n) is 4.54. The van der Waals surface area contributed by atoms with E-state index < -0.39 is 5.91 Å². The highest BCUT2D eigenvalue weighted by atomic mass is 16.5. The van der Waals surface area contributed by atoms with Crippen LogP contribution in [-0.4, -0.2) is 23.0 Å². The van der Waals surface area contributed by atoms with Gasteiger partial charge >= 0.3 is 0 Å². The molecule has 0 bridgehead atoms. The van der Waals surface area contributed by atoms with Gasteiger partial charge in [-0.3, -0.25) is 20.4 Å². The summed E-state index contributed by atoms with van der Waals surface area (Å²) in [6, 6.07) is 9.99. The van der Waals surface area contributed by atoms with Crippen molar-refractivity contribution in [1.29, 1.82) is 0 Å². The number of rotatable bonds is 5. The SMILES string of the molecule is C=CCOc1ccc(C(=O)NNC(=O)c2cccn2C)cc1. The molecule has 22 heavy (non-hydrogen) atoms. The van der Waals surface area contributed by atoms with E-state index in [0.29, 0.717) is 23.6 Å². The fraction of sp³-hybridized carbons (Fsp3) is 0.125. The topological polar surface area (TPSA) is 72.4 Å². The molecule has 0 unspecified atom stereocenters. The molecule has 2 amide bonds. The van der Waals surface area contributed by atoms with Crippen LogP contribution in [0.25, 0.3) is 0 Å². The van der Waals surface area contributed by atoms with Crippen LogP contribution in [0.3, 0.4) is 0 Å². The van der Waals surface area contributed by atoms with E-state index in [4.69, 9.17) is 4.74 Å². The Morgan fingerprint density at radius 3 is 2.45 bits per heavy atom. The number of aromatic nitrogens is 1. The smallest absolute Gasteiger partial charge is 0.286 e. The average Bonchev–Trinajstić information content (AvgIpc) is 2.97. The van der Waals surface area contributed by atoms with E-state index in [9.17, 15) is 9.59 Å². The van der Waals surface area contributed by atoms with Gasteiger partial charge in [-0.1, -0.05) is 12.7 Å². The molecule has 6 nitrogen and oxygen atoms in total. The lowest BCUT2D eigenvalue weighted by atomic mass is 10.2. The zero-order valence-electron chi connectivity index (χ0n) is 12.2. The summed E-state index contributed by atoms with van der Waals surface area (Å²) in [5.41, 5.74) is 5.60. The first-order chi connectivity index (χ1) is 10.6. The van der Waals surface area contributed by atoms with Gasteiger partial charge in [0.15, 0.2) is 0 Å². The maximum atomic E-state index is 11.9. The molecular formula is C16H17N3O3. The van der Waals surface area contributed by atoms with Crippen LogP contribution < -0.4 is 15.6 Å². The van der Waals surface area contributed by atoms with Crippen LogP contribution >= 0.6 is 0 Å². The third kappa shape index (κ3) is 3.76. The van der Waals surface area contributed by atoms with Gasteiger partial charge in [-0.2, -0.15) is 0 Å². The van der Waals surface area contributed by atoms with Crippen LogP contribution in [0, 0.1) is 0 Å². The molecule has 0 aliphatic heterocycles. The number of ether oxygens (including phenoxy) is 1. The Balaban J connectivity index is 1.90. The Kier molecular flexibility index (Phi) is 4.98. The third-order valence-corrected chi connectivity index (χ3v) is 2.95. The lowest BCUT2D eigenvalue weighted by Crippen LogP contribution is -2.42. The molecule has 2 rings (SSSR count). The van der Waals surface area contributed by atoms with Crippen molar-refractivity contribution in [2.45, 2.75) is 0 Å². The number of benzene rings is 1. The fourth-order valence-corrected chi connectivity index (χ4v) is 1.80. The van der Waals surface area contributed by atoms with Gasteiger partial charge in [-0.15, -0.1) is 0 Å². The van der Waals surface area contributed by atoms with Crippen LogP contribution in [-0.2, 0) is 7.05 Å². The van der Waals surface area contributed by atoms with Crippen LogP contribution in [0.1, 0.15) is 20.8 Å². The van der Waals surface area contributed by atoms with E-state index in [-0.39, 0.29) is 5.91 Å². The van der Waals surface area contributed by atoms with Crippen molar-refractivity contribution >= 4 is 11.8 Å². The number of carbonyl (C=O) groups excluding carboxylic acids is 2. The summed E-state index contributed by atoms with van der Waals surface area (Å²) in [6.07, 6.45) is 3.39. The molecule has 1 aromatic heterocycles. The number of hydrogen-bond acceptors (Lipinski definition) is 3. The van der Waals surface area contributed by atoms with Gasteiger partial charge in [-0.25, -0.2) is 0 Å². The lowest BCUT2D eigenvalue weighted by molar-refractivity contribution is 0.0842. The number of aryl methyl sites for hydroxylation is 1. The first-order valence-corrected chi connectivity index (χ1v) is 6.67. The second kappa shape index (κ2) is 7.12. The van der Waals surface area contributed by atoms with E-state index >= 15 is 0 Å².